The first-order chi connectivity index (χ1) is 14.2. The molecule has 1 fully saturated rings. The topological polar surface area (TPSA) is 48.0 Å². The van der Waals surface area contributed by atoms with Gasteiger partial charge in [-0.05, 0) is 36.1 Å². The van der Waals surface area contributed by atoms with Gasteiger partial charge in [-0.1, -0.05) is 54.1 Å². The number of piperidine rings is 1. The normalized spacial score (nSPS) is 16.5. The number of halogens is 1. The molecule has 0 saturated carbocycles. The third kappa shape index (κ3) is 6.82. The van der Waals surface area contributed by atoms with Gasteiger partial charge in [0.25, 0.3) is 0 Å². The SMILES string of the molecule is COC(=O)COCCN1CCC(OC(c2ccccc2)c2ccc(Cl)cc2)CC1. The van der Waals surface area contributed by atoms with E-state index in [1.165, 1.54) is 7.11 Å². The summed E-state index contributed by atoms with van der Waals surface area (Å²) in [6, 6.07) is 18.2. The van der Waals surface area contributed by atoms with Crippen molar-refractivity contribution in [1.82, 2.24) is 4.90 Å². The molecule has 1 aliphatic rings. The highest BCUT2D eigenvalue weighted by atomic mass is 35.5. The van der Waals surface area contributed by atoms with E-state index in [0.717, 1.165) is 48.6 Å². The van der Waals surface area contributed by atoms with E-state index in [0.29, 0.717) is 6.61 Å². The third-order valence-electron chi connectivity index (χ3n) is 5.14. The van der Waals surface area contributed by atoms with Gasteiger partial charge in [-0.25, -0.2) is 4.79 Å². The Bertz CT molecular complexity index is 745. The van der Waals surface area contributed by atoms with Gasteiger partial charge in [0.1, 0.15) is 12.7 Å². The van der Waals surface area contributed by atoms with Gasteiger partial charge in [0.05, 0.1) is 19.8 Å². The van der Waals surface area contributed by atoms with Gasteiger partial charge < -0.3 is 19.1 Å². The van der Waals surface area contributed by atoms with Crippen LogP contribution in [0.5, 0.6) is 0 Å². The second-order valence-corrected chi connectivity index (χ2v) is 7.58. The summed E-state index contributed by atoms with van der Waals surface area (Å²) in [6.45, 7) is 3.25. The van der Waals surface area contributed by atoms with Crippen molar-refractivity contribution in [1.29, 1.82) is 0 Å². The lowest BCUT2D eigenvalue weighted by atomic mass is 10.00. The van der Waals surface area contributed by atoms with Crippen molar-refractivity contribution in [3.8, 4) is 0 Å². The fourth-order valence-corrected chi connectivity index (χ4v) is 3.61. The fourth-order valence-electron chi connectivity index (χ4n) is 3.48. The van der Waals surface area contributed by atoms with Crippen LogP contribution in [0.3, 0.4) is 0 Å². The number of carbonyl (C=O) groups is 1. The molecule has 0 N–H and O–H groups in total. The van der Waals surface area contributed by atoms with Crippen molar-refractivity contribution in [3.63, 3.8) is 0 Å². The highest BCUT2D eigenvalue weighted by molar-refractivity contribution is 6.30. The lowest BCUT2D eigenvalue weighted by molar-refractivity contribution is -0.146. The summed E-state index contributed by atoms with van der Waals surface area (Å²) < 4.78 is 16.5. The van der Waals surface area contributed by atoms with E-state index in [2.05, 4.69) is 21.8 Å². The minimum absolute atomic E-state index is 0.00985. The minimum atomic E-state index is -0.341. The van der Waals surface area contributed by atoms with E-state index in [1.54, 1.807) is 0 Å². The number of methoxy groups -OCH3 is 1. The van der Waals surface area contributed by atoms with Gasteiger partial charge in [0, 0.05) is 24.7 Å². The molecule has 156 valence electrons. The van der Waals surface area contributed by atoms with E-state index in [1.807, 2.05) is 42.5 Å². The summed E-state index contributed by atoms with van der Waals surface area (Å²) in [5, 5.41) is 0.725. The van der Waals surface area contributed by atoms with Crippen molar-refractivity contribution in [2.45, 2.75) is 25.0 Å². The van der Waals surface area contributed by atoms with Crippen molar-refractivity contribution >= 4 is 17.6 Å². The lowest BCUT2D eigenvalue weighted by Gasteiger charge is -2.34. The first-order valence-corrected chi connectivity index (χ1v) is 10.4. The van der Waals surface area contributed by atoms with Gasteiger partial charge in [-0.3, -0.25) is 0 Å². The maximum atomic E-state index is 11.1. The van der Waals surface area contributed by atoms with Gasteiger partial charge in [0.15, 0.2) is 0 Å². The Labute approximate surface area is 177 Å². The van der Waals surface area contributed by atoms with Crippen LogP contribution in [0.1, 0.15) is 30.1 Å². The predicted octanol–water partition coefficient (Wildman–Crippen LogP) is 4.10. The van der Waals surface area contributed by atoms with Crippen LogP contribution in [0.2, 0.25) is 5.02 Å². The number of nitrogens with zero attached hydrogens (tertiary/aromatic N) is 1. The van der Waals surface area contributed by atoms with Gasteiger partial charge in [-0.2, -0.15) is 0 Å². The van der Waals surface area contributed by atoms with Crippen LogP contribution < -0.4 is 0 Å². The average molecular weight is 418 g/mol. The summed E-state index contributed by atoms with van der Waals surface area (Å²) in [7, 11) is 1.36. The van der Waals surface area contributed by atoms with E-state index in [-0.39, 0.29) is 24.8 Å². The van der Waals surface area contributed by atoms with Crippen molar-refractivity contribution in [2.24, 2.45) is 0 Å². The zero-order valence-electron chi connectivity index (χ0n) is 16.8. The number of carbonyl (C=O) groups excluding carboxylic acids is 1. The molecular formula is C23H28ClNO4. The maximum absolute atomic E-state index is 11.1. The third-order valence-corrected chi connectivity index (χ3v) is 5.39. The highest BCUT2D eigenvalue weighted by Gasteiger charge is 2.24. The van der Waals surface area contributed by atoms with E-state index in [4.69, 9.17) is 21.1 Å². The Hall–Kier alpha value is -1.92. The van der Waals surface area contributed by atoms with Crippen LogP contribution in [0.4, 0.5) is 0 Å². The second-order valence-electron chi connectivity index (χ2n) is 7.15. The number of esters is 1. The van der Waals surface area contributed by atoms with Gasteiger partial charge >= 0.3 is 5.97 Å². The molecule has 1 saturated heterocycles. The number of likely N-dealkylation sites (tertiary alicyclic amines) is 1. The second kappa shape index (κ2) is 11.3. The van der Waals surface area contributed by atoms with Crippen LogP contribution in [0, 0.1) is 0 Å². The molecule has 29 heavy (non-hydrogen) atoms. The molecule has 0 aliphatic carbocycles. The van der Waals surface area contributed by atoms with Crippen molar-refractivity contribution in [3.05, 3.63) is 70.7 Å². The molecule has 5 nitrogen and oxygen atoms in total. The number of rotatable bonds is 9. The molecule has 1 heterocycles. The Kier molecular flexibility index (Phi) is 8.50. The number of ether oxygens (including phenoxy) is 3. The molecule has 2 aromatic rings. The van der Waals surface area contributed by atoms with Gasteiger partial charge in [-0.15, -0.1) is 0 Å². The van der Waals surface area contributed by atoms with E-state index < -0.39 is 0 Å². The molecule has 0 amide bonds. The lowest BCUT2D eigenvalue weighted by Crippen LogP contribution is -2.39. The molecule has 1 unspecified atom stereocenters. The molecule has 3 rings (SSSR count). The Morgan fingerprint density at radius 1 is 1.07 bits per heavy atom. The summed E-state index contributed by atoms with van der Waals surface area (Å²) in [5.41, 5.74) is 2.26. The van der Waals surface area contributed by atoms with E-state index >= 15 is 0 Å². The summed E-state index contributed by atoms with van der Waals surface area (Å²) in [6.07, 6.45) is 2.03. The maximum Gasteiger partial charge on any atom is 0.331 e. The molecule has 1 aliphatic heterocycles. The Balaban J connectivity index is 1.52. The molecule has 2 aromatic carbocycles. The molecule has 0 spiro atoms. The summed E-state index contributed by atoms with van der Waals surface area (Å²) in [4.78, 5) is 13.4. The van der Waals surface area contributed by atoms with Crippen LogP contribution >= 0.6 is 11.6 Å². The number of benzene rings is 2. The molecule has 0 radical (unpaired) electrons. The largest absolute Gasteiger partial charge is 0.467 e. The van der Waals surface area contributed by atoms with Crippen LogP contribution in [0.25, 0.3) is 0 Å². The monoisotopic (exact) mass is 417 g/mol. The predicted molar refractivity (Wildman–Crippen MR) is 113 cm³/mol. The standard InChI is InChI=1S/C23H28ClNO4/c1-27-22(26)17-28-16-15-25-13-11-21(12-14-25)29-23(18-5-3-2-4-6-18)19-7-9-20(24)10-8-19/h2-10,21,23H,11-17H2,1H3. The first kappa shape index (κ1) is 21.8. The van der Waals surface area contributed by atoms with Crippen LogP contribution in [0.15, 0.2) is 54.6 Å². The Morgan fingerprint density at radius 2 is 1.72 bits per heavy atom. The molecule has 6 heteroatoms. The summed E-state index contributed by atoms with van der Waals surface area (Å²) in [5.74, 6) is -0.341. The molecular weight excluding hydrogens is 390 g/mol. The zero-order valence-corrected chi connectivity index (χ0v) is 17.5. The van der Waals surface area contributed by atoms with E-state index in [9.17, 15) is 4.79 Å². The van der Waals surface area contributed by atoms with Gasteiger partial charge in [0.2, 0.25) is 0 Å². The molecule has 0 aromatic heterocycles. The highest BCUT2D eigenvalue weighted by Crippen LogP contribution is 2.30. The molecule has 1 atom stereocenters. The van der Waals surface area contributed by atoms with Crippen LogP contribution in [-0.4, -0.2) is 56.9 Å². The minimum Gasteiger partial charge on any atom is -0.467 e. The first-order valence-electron chi connectivity index (χ1n) is 9.98. The molecule has 0 bridgehead atoms. The van der Waals surface area contributed by atoms with Crippen LogP contribution in [-0.2, 0) is 19.0 Å². The fraction of sp³-hybridized carbons (Fsp3) is 0.435. The summed E-state index contributed by atoms with van der Waals surface area (Å²) >= 11 is 6.07. The number of hydrogen-bond donors (Lipinski definition) is 0. The Morgan fingerprint density at radius 3 is 2.38 bits per heavy atom. The average Bonchev–Trinajstić information content (AvgIpc) is 2.77. The quantitative estimate of drug-likeness (QED) is 0.454. The van der Waals surface area contributed by atoms with Crippen molar-refractivity contribution < 1.29 is 19.0 Å². The zero-order chi connectivity index (χ0) is 20.5. The number of hydrogen-bond acceptors (Lipinski definition) is 5. The smallest absolute Gasteiger partial charge is 0.331 e. The van der Waals surface area contributed by atoms with Crippen molar-refractivity contribution in [2.75, 3.05) is 40.0 Å².